The summed E-state index contributed by atoms with van der Waals surface area (Å²) in [6, 6.07) is -0.820. The number of nitrogens with one attached hydrogen (secondary N) is 1. The van der Waals surface area contributed by atoms with Crippen LogP contribution in [0.1, 0.15) is 6.42 Å². The Kier molecular flexibility index (Phi) is 6.92. The summed E-state index contributed by atoms with van der Waals surface area (Å²) in [7, 11) is 0. The Labute approximate surface area is 89.6 Å². The van der Waals surface area contributed by atoms with Crippen LogP contribution in [0.4, 0.5) is 4.79 Å². The summed E-state index contributed by atoms with van der Waals surface area (Å²) in [5.74, 6) is -0.374. The summed E-state index contributed by atoms with van der Waals surface area (Å²) >= 11 is 0. The van der Waals surface area contributed by atoms with Crippen molar-refractivity contribution in [3.05, 3.63) is 25.3 Å². The molecule has 84 valence electrons. The molecule has 0 heterocycles. The number of carbonyl (C=O) groups excluding carboxylic acids is 2. The van der Waals surface area contributed by atoms with Crippen molar-refractivity contribution in [3.63, 3.8) is 0 Å². The van der Waals surface area contributed by atoms with Crippen LogP contribution in [0.25, 0.3) is 0 Å². The van der Waals surface area contributed by atoms with Crippen molar-refractivity contribution < 1.29 is 9.59 Å². The number of rotatable bonds is 7. The predicted molar refractivity (Wildman–Crippen MR) is 59.2 cm³/mol. The van der Waals surface area contributed by atoms with Gasteiger partial charge >= 0.3 is 6.03 Å². The zero-order valence-corrected chi connectivity index (χ0v) is 8.74. The first-order valence-electron chi connectivity index (χ1n) is 4.63. The van der Waals surface area contributed by atoms with E-state index in [-0.39, 0.29) is 12.3 Å². The van der Waals surface area contributed by atoms with Gasteiger partial charge in [-0.15, -0.1) is 13.2 Å². The molecule has 0 aromatic heterocycles. The fraction of sp³-hybridized carbons (Fsp3) is 0.400. The van der Waals surface area contributed by atoms with Gasteiger partial charge in [-0.1, -0.05) is 12.2 Å². The fourth-order valence-electron chi connectivity index (χ4n) is 1.08. The Balaban J connectivity index is 3.86. The first kappa shape index (κ1) is 13.4. The van der Waals surface area contributed by atoms with E-state index in [1.807, 2.05) is 10.2 Å². The second kappa shape index (κ2) is 7.75. The van der Waals surface area contributed by atoms with Crippen molar-refractivity contribution in [2.75, 3.05) is 19.6 Å². The fourth-order valence-corrected chi connectivity index (χ4v) is 1.08. The van der Waals surface area contributed by atoms with Crippen LogP contribution in [0, 0.1) is 0 Å². The lowest BCUT2D eigenvalue weighted by Crippen LogP contribution is -2.37. The monoisotopic (exact) mass is 211 g/mol. The Morgan fingerprint density at radius 3 is 2.20 bits per heavy atom. The van der Waals surface area contributed by atoms with Crippen LogP contribution in [0.5, 0.6) is 0 Å². The molecule has 0 aliphatic carbocycles. The molecule has 0 saturated heterocycles. The van der Waals surface area contributed by atoms with Gasteiger partial charge < -0.3 is 5.73 Å². The van der Waals surface area contributed by atoms with Gasteiger partial charge in [0.05, 0.1) is 0 Å². The van der Waals surface area contributed by atoms with Crippen LogP contribution in [0.3, 0.4) is 0 Å². The molecule has 3 amide bonds. The van der Waals surface area contributed by atoms with E-state index in [1.165, 1.54) is 0 Å². The van der Waals surface area contributed by atoms with Gasteiger partial charge in [-0.05, 0) is 0 Å². The zero-order valence-electron chi connectivity index (χ0n) is 8.74. The summed E-state index contributed by atoms with van der Waals surface area (Å²) in [6.07, 6.45) is 3.72. The maximum Gasteiger partial charge on any atom is 0.318 e. The number of urea groups is 1. The van der Waals surface area contributed by atoms with E-state index in [0.717, 1.165) is 0 Å². The lowest BCUT2D eigenvalue weighted by Gasteiger charge is -2.17. The van der Waals surface area contributed by atoms with Gasteiger partial charge in [-0.3, -0.25) is 15.0 Å². The predicted octanol–water partition coefficient (Wildman–Crippen LogP) is 0.245. The standard InChI is InChI=1S/C10H17N3O2/c1-3-6-13(7-4-2)8-5-9(14)12-10(11)15/h3-4H,1-2,5-8H2,(H3,11,12,14,15). The largest absolute Gasteiger partial charge is 0.351 e. The Bertz CT molecular complexity index is 241. The number of amides is 3. The third-order valence-corrected chi connectivity index (χ3v) is 1.69. The average Bonchev–Trinajstić information content (AvgIpc) is 2.14. The molecule has 0 fully saturated rings. The van der Waals surface area contributed by atoms with Crippen molar-refractivity contribution in [2.24, 2.45) is 5.73 Å². The van der Waals surface area contributed by atoms with E-state index >= 15 is 0 Å². The van der Waals surface area contributed by atoms with Crippen molar-refractivity contribution in [1.29, 1.82) is 0 Å². The Hall–Kier alpha value is -1.62. The first-order valence-corrected chi connectivity index (χ1v) is 4.63. The molecule has 0 radical (unpaired) electrons. The van der Waals surface area contributed by atoms with Gasteiger partial charge in [0, 0.05) is 26.1 Å². The van der Waals surface area contributed by atoms with E-state index in [1.54, 1.807) is 12.2 Å². The molecule has 15 heavy (non-hydrogen) atoms. The molecule has 0 aromatic carbocycles. The first-order chi connectivity index (χ1) is 7.10. The average molecular weight is 211 g/mol. The highest BCUT2D eigenvalue weighted by molar-refractivity contribution is 5.93. The lowest BCUT2D eigenvalue weighted by atomic mass is 10.3. The SMILES string of the molecule is C=CCN(CC=C)CCC(=O)NC(N)=O. The summed E-state index contributed by atoms with van der Waals surface area (Å²) in [4.78, 5) is 23.4. The number of nitrogens with zero attached hydrogens (tertiary/aromatic N) is 1. The van der Waals surface area contributed by atoms with E-state index < -0.39 is 6.03 Å². The van der Waals surface area contributed by atoms with Crippen molar-refractivity contribution in [1.82, 2.24) is 10.2 Å². The maximum absolute atomic E-state index is 11.1. The third kappa shape index (κ3) is 7.45. The molecule has 0 saturated carbocycles. The van der Waals surface area contributed by atoms with Crippen molar-refractivity contribution >= 4 is 11.9 Å². The normalized spacial score (nSPS) is 9.67. The number of primary amides is 1. The molecule has 0 aliphatic heterocycles. The second-order valence-electron chi connectivity index (χ2n) is 3.00. The number of nitrogens with two attached hydrogens (primary N) is 1. The van der Waals surface area contributed by atoms with E-state index in [4.69, 9.17) is 5.73 Å². The van der Waals surface area contributed by atoms with Crippen molar-refractivity contribution in [3.8, 4) is 0 Å². The Morgan fingerprint density at radius 2 is 1.80 bits per heavy atom. The van der Waals surface area contributed by atoms with E-state index in [9.17, 15) is 9.59 Å². The maximum atomic E-state index is 11.1. The smallest absolute Gasteiger partial charge is 0.318 e. The number of imide groups is 1. The topological polar surface area (TPSA) is 75.4 Å². The van der Waals surface area contributed by atoms with Gasteiger partial charge in [0.1, 0.15) is 0 Å². The molecule has 5 heteroatoms. The molecule has 5 nitrogen and oxygen atoms in total. The number of hydrogen-bond donors (Lipinski definition) is 2. The minimum atomic E-state index is -0.820. The van der Waals surface area contributed by atoms with Gasteiger partial charge in [0.15, 0.2) is 0 Å². The molecule has 0 aliphatic rings. The van der Waals surface area contributed by atoms with Crippen LogP contribution in [-0.4, -0.2) is 36.5 Å². The van der Waals surface area contributed by atoms with Crippen LogP contribution < -0.4 is 11.1 Å². The van der Waals surface area contributed by atoms with Crippen molar-refractivity contribution in [2.45, 2.75) is 6.42 Å². The minimum absolute atomic E-state index is 0.227. The highest BCUT2D eigenvalue weighted by Gasteiger charge is 2.07. The third-order valence-electron chi connectivity index (χ3n) is 1.69. The number of carbonyl (C=O) groups is 2. The molecule has 0 unspecified atom stereocenters. The summed E-state index contributed by atoms with van der Waals surface area (Å²) in [5.41, 5.74) is 4.80. The van der Waals surface area contributed by atoms with Crippen LogP contribution in [-0.2, 0) is 4.79 Å². The molecular formula is C10H17N3O2. The van der Waals surface area contributed by atoms with E-state index in [2.05, 4.69) is 13.2 Å². The Morgan fingerprint density at radius 1 is 1.27 bits per heavy atom. The van der Waals surface area contributed by atoms with Gasteiger partial charge in [0.25, 0.3) is 0 Å². The summed E-state index contributed by atoms with van der Waals surface area (Å²) < 4.78 is 0. The molecule has 0 aromatic rings. The van der Waals surface area contributed by atoms with Gasteiger partial charge in [-0.2, -0.15) is 0 Å². The molecule has 0 spiro atoms. The van der Waals surface area contributed by atoms with Crippen LogP contribution in [0.2, 0.25) is 0 Å². The molecular weight excluding hydrogens is 194 g/mol. The summed E-state index contributed by atoms with van der Waals surface area (Å²) in [5, 5.41) is 2.00. The molecule has 3 N–H and O–H groups in total. The molecule has 0 rings (SSSR count). The lowest BCUT2D eigenvalue weighted by molar-refractivity contribution is -0.120. The minimum Gasteiger partial charge on any atom is -0.351 e. The second-order valence-corrected chi connectivity index (χ2v) is 3.00. The highest BCUT2D eigenvalue weighted by Crippen LogP contribution is 1.92. The zero-order chi connectivity index (χ0) is 11.7. The quantitative estimate of drug-likeness (QED) is 0.592. The molecule has 0 atom stereocenters. The van der Waals surface area contributed by atoms with Crippen LogP contribution in [0.15, 0.2) is 25.3 Å². The number of hydrogen-bond acceptors (Lipinski definition) is 3. The van der Waals surface area contributed by atoms with Crippen LogP contribution >= 0.6 is 0 Å². The van der Waals surface area contributed by atoms with Gasteiger partial charge in [-0.25, -0.2) is 4.79 Å². The van der Waals surface area contributed by atoms with E-state index in [0.29, 0.717) is 19.6 Å². The van der Waals surface area contributed by atoms with Gasteiger partial charge in [0.2, 0.25) is 5.91 Å². The highest BCUT2D eigenvalue weighted by atomic mass is 16.2. The molecule has 0 bridgehead atoms. The summed E-state index contributed by atoms with van der Waals surface area (Å²) in [6.45, 7) is 9.11.